The van der Waals surface area contributed by atoms with E-state index in [9.17, 15) is 9.59 Å². The van der Waals surface area contributed by atoms with E-state index < -0.39 is 23.9 Å². The van der Waals surface area contributed by atoms with Crippen molar-refractivity contribution in [2.24, 2.45) is 0 Å². The maximum Gasteiger partial charge on any atom is 0.410 e. The van der Waals surface area contributed by atoms with E-state index in [1.54, 1.807) is 0 Å². The number of methoxy groups -OCH3 is 4. The fourth-order valence-corrected chi connectivity index (χ4v) is 1.87. The van der Waals surface area contributed by atoms with Gasteiger partial charge < -0.3 is 18.9 Å². The summed E-state index contributed by atoms with van der Waals surface area (Å²) in [5.74, 6) is -1.51. The van der Waals surface area contributed by atoms with Gasteiger partial charge in [0.2, 0.25) is 0 Å². The summed E-state index contributed by atoms with van der Waals surface area (Å²) in [7, 11) is 5.42. The molecule has 1 heterocycles. The summed E-state index contributed by atoms with van der Waals surface area (Å²) < 4.78 is 19.7. The lowest BCUT2D eigenvalue weighted by atomic mass is 10.1. The van der Waals surface area contributed by atoms with Crippen molar-refractivity contribution in [3.05, 3.63) is 0 Å². The van der Waals surface area contributed by atoms with Crippen molar-refractivity contribution >= 4 is 12.1 Å². The monoisotopic (exact) mass is 247 g/mol. The standard InChI is InChI=1S/C10H17NO6/c1-14-8(12)7-5-10(16-3,17-4)6-11(7)9(13)15-2/h7H,5-6H2,1-4H3. The van der Waals surface area contributed by atoms with Gasteiger partial charge in [-0.25, -0.2) is 9.59 Å². The molecule has 0 bridgehead atoms. The molecule has 1 unspecified atom stereocenters. The van der Waals surface area contributed by atoms with Crippen LogP contribution in [0.15, 0.2) is 0 Å². The third-order valence-electron chi connectivity index (χ3n) is 2.92. The number of hydrogen-bond donors (Lipinski definition) is 0. The molecule has 0 aromatic rings. The van der Waals surface area contributed by atoms with Gasteiger partial charge in [0.25, 0.3) is 0 Å². The van der Waals surface area contributed by atoms with Gasteiger partial charge >= 0.3 is 12.1 Å². The van der Waals surface area contributed by atoms with Crippen molar-refractivity contribution < 1.29 is 28.5 Å². The van der Waals surface area contributed by atoms with Crippen LogP contribution in [-0.4, -0.2) is 63.8 Å². The normalized spacial score (nSPS) is 22.4. The minimum atomic E-state index is -0.993. The Morgan fingerprint density at radius 3 is 2.12 bits per heavy atom. The predicted molar refractivity (Wildman–Crippen MR) is 56.3 cm³/mol. The molecule has 1 aliphatic rings. The first kappa shape index (κ1) is 13.7. The van der Waals surface area contributed by atoms with Gasteiger partial charge in [-0.05, 0) is 0 Å². The van der Waals surface area contributed by atoms with E-state index >= 15 is 0 Å². The molecule has 0 aromatic carbocycles. The molecular weight excluding hydrogens is 230 g/mol. The van der Waals surface area contributed by atoms with Crippen LogP contribution in [0.4, 0.5) is 4.79 Å². The Balaban J connectivity index is 2.93. The maximum atomic E-state index is 11.6. The molecule has 1 atom stereocenters. The largest absolute Gasteiger partial charge is 0.467 e. The van der Waals surface area contributed by atoms with Crippen LogP contribution in [0.25, 0.3) is 0 Å². The van der Waals surface area contributed by atoms with Crippen molar-refractivity contribution in [2.75, 3.05) is 35.0 Å². The highest BCUT2D eigenvalue weighted by molar-refractivity contribution is 5.82. The first-order valence-corrected chi connectivity index (χ1v) is 5.06. The van der Waals surface area contributed by atoms with E-state index in [-0.39, 0.29) is 13.0 Å². The lowest BCUT2D eigenvalue weighted by Gasteiger charge is -2.25. The van der Waals surface area contributed by atoms with Crippen LogP contribution < -0.4 is 0 Å². The van der Waals surface area contributed by atoms with Crippen LogP contribution in [0.5, 0.6) is 0 Å². The topological polar surface area (TPSA) is 74.3 Å². The summed E-state index contributed by atoms with van der Waals surface area (Å²) in [6.45, 7) is 0.118. The molecule has 0 radical (unpaired) electrons. The van der Waals surface area contributed by atoms with Crippen molar-refractivity contribution in [3.8, 4) is 0 Å². The van der Waals surface area contributed by atoms with Gasteiger partial charge in [0, 0.05) is 20.6 Å². The zero-order valence-electron chi connectivity index (χ0n) is 10.4. The molecule has 0 spiro atoms. The zero-order valence-corrected chi connectivity index (χ0v) is 10.4. The third kappa shape index (κ3) is 2.50. The predicted octanol–water partition coefficient (Wildman–Crippen LogP) is -0.0108. The summed E-state index contributed by atoms with van der Waals surface area (Å²) in [6.07, 6.45) is -0.404. The molecule has 1 saturated heterocycles. The molecule has 17 heavy (non-hydrogen) atoms. The second-order valence-electron chi connectivity index (χ2n) is 3.66. The van der Waals surface area contributed by atoms with Gasteiger partial charge in [0.1, 0.15) is 6.04 Å². The van der Waals surface area contributed by atoms with Gasteiger partial charge in [0.05, 0.1) is 20.8 Å². The van der Waals surface area contributed by atoms with Crippen LogP contribution >= 0.6 is 0 Å². The average molecular weight is 247 g/mol. The van der Waals surface area contributed by atoms with Gasteiger partial charge in [-0.3, -0.25) is 4.90 Å². The number of amides is 1. The summed E-state index contributed by atoms with van der Waals surface area (Å²) in [6, 6.07) is -0.757. The molecular formula is C10H17NO6. The number of carbonyl (C=O) groups excluding carboxylic acids is 2. The Labute approximate surface area is 99.6 Å². The highest BCUT2D eigenvalue weighted by Gasteiger charge is 2.50. The Morgan fingerprint density at radius 2 is 1.71 bits per heavy atom. The third-order valence-corrected chi connectivity index (χ3v) is 2.92. The van der Waals surface area contributed by atoms with E-state index in [0.29, 0.717) is 0 Å². The highest BCUT2D eigenvalue weighted by Crippen LogP contribution is 2.31. The van der Waals surface area contributed by atoms with E-state index in [4.69, 9.17) is 9.47 Å². The fraction of sp³-hybridized carbons (Fsp3) is 0.800. The zero-order chi connectivity index (χ0) is 13.1. The number of carbonyl (C=O) groups is 2. The summed E-state index contributed by atoms with van der Waals surface area (Å²) in [4.78, 5) is 24.4. The number of likely N-dealkylation sites (tertiary alicyclic amines) is 1. The minimum absolute atomic E-state index is 0.118. The molecule has 0 saturated carbocycles. The number of hydrogen-bond acceptors (Lipinski definition) is 6. The fourth-order valence-electron chi connectivity index (χ4n) is 1.87. The molecule has 7 heteroatoms. The lowest BCUT2D eigenvalue weighted by Crippen LogP contribution is -2.42. The molecule has 0 aliphatic carbocycles. The van der Waals surface area contributed by atoms with Gasteiger partial charge in [-0.1, -0.05) is 0 Å². The van der Waals surface area contributed by atoms with E-state index in [1.807, 2.05) is 0 Å². The minimum Gasteiger partial charge on any atom is -0.467 e. The van der Waals surface area contributed by atoms with Crippen molar-refractivity contribution in [1.82, 2.24) is 4.90 Å². The average Bonchev–Trinajstić information content (AvgIpc) is 2.77. The molecule has 0 aromatic heterocycles. The number of esters is 1. The van der Waals surface area contributed by atoms with Gasteiger partial charge in [-0.2, -0.15) is 0 Å². The van der Waals surface area contributed by atoms with E-state index in [0.717, 1.165) is 0 Å². The molecule has 7 nitrogen and oxygen atoms in total. The van der Waals surface area contributed by atoms with Gasteiger partial charge in [-0.15, -0.1) is 0 Å². The molecule has 1 rings (SSSR count). The Bertz CT molecular complexity index is 275. The van der Waals surface area contributed by atoms with Crippen molar-refractivity contribution in [2.45, 2.75) is 18.2 Å². The molecule has 1 amide bonds. The summed E-state index contributed by atoms with van der Waals surface area (Å²) in [5, 5.41) is 0. The second-order valence-corrected chi connectivity index (χ2v) is 3.66. The molecule has 98 valence electrons. The van der Waals surface area contributed by atoms with E-state index in [2.05, 4.69) is 9.47 Å². The summed E-state index contributed by atoms with van der Waals surface area (Å²) >= 11 is 0. The smallest absolute Gasteiger partial charge is 0.410 e. The van der Waals surface area contributed by atoms with Crippen LogP contribution in [0.1, 0.15) is 6.42 Å². The first-order chi connectivity index (χ1) is 8.03. The number of nitrogens with zero attached hydrogens (tertiary/aromatic N) is 1. The van der Waals surface area contributed by atoms with Crippen LogP contribution in [0, 0.1) is 0 Å². The lowest BCUT2D eigenvalue weighted by molar-refractivity contribution is -0.195. The second kappa shape index (κ2) is 5.33. The Morgan fingerprint density at radius 1 is 1.12 bits per heavy atom. The Hall–Kier alpha value is -1.34. The van der Waals surface area contributed by atoms with Crippen LogP contribution in [-0.2, 0) is 23.7 Å². The van der Waals surface area contributed by atoms with Crippen molar-refractivity contribution in [1.29, 1.82) is 0 Å². The SMILES string of the molecule is COC(=O)C1CC(OC)(OC)CN1C(=O)OC. The van der Waals surface area contributed by atoms with Gasteiger partial charge in [0.15, 0.2) is 5.79 Å². The first-order valence-electron chi connectivity index (χ1n) is 5.06. The van der Waals surface area contributed by atoms with E-state index in [1.165, 1.54) is 33.3 Å². The Kier molecular flexibility index (Phi) is 4.30. The van der Waals surface area contributed by atoms with Crippen LogP contribution in [0.3, 0.4) is 0 Å². The quantitative estimate of drug-likeness (QED) is 0.516. The maximum absolute atomic E-state index is 11.6. The molecule has 0 N–H and O–H groups in total. The van der Waals surface area contributed by atoms with Crippen molar-refractivity contribution in [3.63, 3.8) is 0 Å². The highest BCUT2D eigenvalue weighted by atomic mass is 16.7. The number of ether oxygens (including phenoxy) is 4. The molecule has 1 aliphatic heterocycles. The molecule has 1 fully saturated rings. The number of rotatable bonds is 3. The summed E-state index contributed by atoms with van der Waals surface area (Å²) in [5.41, 5.74) is 0. The van der Waals surface area contributed by atoms with Crippen LogP contribution in [0.2, 0.25) is 0 Å².